The van der Waals surface area contributed by atoms with Crippen LogP contribution in [0.4, 0.5) is 0 Å². The number of nitrogens with one attached hydrogen (secondary N) is 1. The fourth-order valence-corrected chi connectivity index (χ4v) is 6.91. The molecule has 1 heterocycles. The average molecular weight is 420 g/mol. The van der Waals surface area contributed by atoms with Crippen LogP contribution >= 0.6 is 11.6 Å². The number of hydrogen-bond donors (Lipinski definition) is 1. The zero-order chi connectivity index (χ0) is 20.2. The molecule has 0 spiro atoms. The van der Waals surface area contributed by atoms with Crippen molar-refractivity contribution in [1.29, 1.82) is 0 Å². The maximum absolute atomic E-state index is 12.9. The third-order valence-electron chi connectivity index (χ3n) is 7.03. The van der Waals surface area contributed by atoms with Crippen molar-refractivity contribution in [3.63, 3.8) is 0 Å². The topological polar surface area (TPSA) is 73.9 Å². The molecule has 0 saturated heterocycles. The molecule has 1 aromatic rings. The van der Waals surface area contributed by atoms with Crippen molar-refractivity contribution in [1.82, 2.24) is 5.32 Å². The van der Waals surface area contributed by atoms with E-state index in [1.165, 1.54) is 6.42 Å². The van der Waals surface area contributed by atoms with Crippen LogP contribution in [0.1, 0.15) is 57.1 Å². The maximum Gasteiger partial charge on any atom is 0.312 e. The van der Waals surface area contributed by atoms with Crippen LogP contribution in [0.25, 0.3) is 0 Å². The zero-order valence-corrected chi connectivity index (χ0v) is 17.3. The fraction of sp³-hybridized carbons (Fsp3) is 0.636. The molecular formula is C22H26ClNO5. The first kappa shape index (κ1) is 19.0. The average Bonchev–Trinajstić information content (AvgIpc) is 3.11. The number of fused-ring (bicyclic) bond motifs is 1. The molecule has 1 aromatic carbocycles. The minimum atomic E-state index is -0.491. The van der Waals surface area contributed by atoms with E-state index in [1.807, 2.05) is 25.1 Å². The summed E-state index contributed by atoms with van der Waals surface area (Å²) in [5.74, 6) is 1.85. The van der Waals surface area contributed by atoms with Crippen LogP contribution in [0, 0.1) is 17.3 Å². The highest BCUT2D eigenvalue weighted by atomic mass is 35.5. The molecule has 0 radical (unpaired) electrons. The summed E-state index contributed by atoms with van der Waals surface area (Å²) in [5.41, 5.74) is 0.411. The second kappa shape index (κ2) is 6.79. The van der Waals surface area contributed by atoms with E-state index in [1.54, 1.807) is 0 Å². The van der Waals surface area contributed by atoms with E-state index < -0.39 is 5.41 Å². The SMILES string of the molecule is C[C@H](NC(=O)COC(=O)C12C[C@@H]3C[C@@H](CC(Cl)(C3)C1)C2)c1ccc2c(c1)OCO2. The molecule has 1 N–H and O–H groups in total. The van der Waals surface area contributed by atoms with Gasteiger partial charge in [-0.3, -0.25) is 9.59 Å². The molecule has 5 aliphatic rings. The Morgan fingerprint density at radius 2 is 1.93 bits per heavy atom. The van der Waals surface area contributed by atoms with Gasteiger partial charge in [0, 0.05) is 4.87 Å². The number of esters is 1. The fourth-order valence-electron chi connectivity index (χ4n) is 6.22. The van der Waals surface area contributed by atoms with Crippen LogP contribution < -0.4 is 14.8 Å². The molecule has 156 valence electrons. The Kier molecular flexibility index (Phi) is 4.46. The first-order chi connectivity index (χ1) is 13.8. The lowest BCUT2D eigenvalue weighted by atomic mass is 9.49. The Balaban J connectivity index is 1.17. The number of carbonyl (C=O) groups is 2. The van der Waals surface area contributed by atoms with Gasteiger partial charge in [-0.05, 0) is 75.0 Å². The number of rotatable bonds is 5. The summed E-state index contributed by atoms with van der Waals surface area (Å²) >= 11 is 6.80. The minimum Gasteiger partial charge on any atom is -0.455 e. The van der Waals surface area contributed by atoms with E-state index in [0.29, 0.717) is 29.8 Å². The first-order valence-electron chi connectivity index (χ1n) is 10.4. The zero-order valence-electron chi connectivity index (χ0n) is 16.5. The van der Waals surface area contributed by atoms with E-state index in [2.05, 4.69) is 5.32 Å². The van der Waals surface area contributed by atoms with E-state index >= 15 is 0 Å². The molecule has 4 bridgehead atoms. The first-order valence-corrected chi connectivity index (χ1v) is 10.8. The normalized spacial score (nSPS) is 34.7. The molecule has 1 amide bonds. The standard InChI is InChI=1S/C22H26ClNO5/c1-13(16-2-3-17-18(5-16)29-12-28-17)24-19(25)10-27-20(26)21-6-14-4-15(7-21)9-22(23,8-14)11-21/h2-3,5,13-15H,4,6-12H2,1H3,(H,24,25)/t13-,14-,15+,21?,22?/m0/s1. The van der Waals surface area contributed by atoms with Crippen LogP contribution in [-0.2, 0) is 14.3 Å². The molecule has 0 aromatic heterocycles. The van der Waals surface area contributed by atoms with Gasteiger partial charge in [0.25, 0.3) is 5.91 Å². The Hall–Kier alpha value is -1.95. The molecule has 4 fully saturated rings. The van der Waals surface area contributed by atoms with Crippen LogP contribution in [0.5, 0.6) is 11.5 Å². The summed E-state index contributed by atoms with van der Waals surface area (Å²) in [5, 5.41) is 2.89. The van der Waals surface area contributed by atoms with Crippen molar-refractivity contribution in [2.24, 2.45) is 17.3 Å². The monoisotopic (exact) mass is 419 g/mol. The Morgan fingerprint density at radius 3 is 2.66 bits per heavy atom. The van der Waals surface area contributed by atoms with Gasteiger partial charge in [0.2, 0.25) is 6.79 Å². The van der Waals surface area contributed by atoms with Gasteiger partial charge in [0.1, 0.15) is 0 Å². The third kappa shape index (κ3) is 3.45. The van der Waals surface area contributed by atoms with Crippen molar-refractivity contribution >= 4 is 23.5 Å². The number of halogens is 1. The summed E-state index contributed by atoms with van der Waals surface area (Å²) in [6, 6.07) is 5.34. The predicted octanol–water partition coefficient (Wildman–Crippen LogP) is 3.71. The largest absolute Gasteiger partial charge is 0.455 e. The summed E-state index contributed by atoms with van der Waals surface area (Å²) in [7, 11) is 0. The molecular weight excluding hydrogens is 394 g/mol. The number of ether oxygens (including phenoxy) is 3. The van der Waals surface area contributed by atoms with Gasteiger partial charge in [-0.1, -0.05) is 6.07 Å². The van der Waals surface area contributed by atoms with Gasteiger partial charge in [-0.15, -0.1) is 11.6 Å². The highest BCUT2D eigenvalue weighted by Crippen LogP contribution is 2.64. The lowest BCUT2D eigenvalue weighted by Crippen LogP contribution is -2.56. The highest BCUT2D eigenvalue weighted by molar-refractivity contribution is 6.24. The quantitative estimate of drug-likeness (QED) is 0.581. The number of alkyl halides is 1. The van der Waals surface area contributed by atoms with E-state index in [9.17, 15) is 9.59 Å². The third-order valence-corrected chi connectivity index (χ3v) is 7.47. The minimum absolute atomic E-state index is 0.211. The molecule has 4 saturated carbocycles. The van der Waals surface area contributed by atoms with Crippen molar-refractivity contribution in [2.75, 3.05) is 13.4 Å². The lowest BCUT2D eigenvalue weighted by molar-refractivity contribution is -0.171. The van der Waals surface area contributed by atoms with Gasteiger partial charge < -0.3 is 19.5 Å². The van der Waals surface area contributed by atoms with Crippen LogP contribution in [-0.4, -0.2) is 30.2 Å². The van der Waals surface area contributed by atoms with Crippen molar-refractivity contribution in [2.45, 2.75) is 56.4 Å². The maximum atomic E-state index is 12.9. The molecule has 4 aliphatic carbocycles. The van der Waals surface area contributed by atoms with Gasteiger partial charge in [0.15, 0.2) is 18.1 Å². The molecule has 7 heteroatoms. The number of carbonyl (C=O) groups excluding carboxylic acids is 2. The van der Waals surface area contributed by atoms with Gasteiger partial charge in [-0.25, -0.2) is 0 Å². The van der Waals surface area contributed by atoms with Crippen molar-refractivity contribution < 1.29 is 23.8 Å². The van der Waals surface area contributed by atoms with Gasteiger partial charge in [0.05, 0.1) is 11.5 Å². The summed E-state index contributed by atoms with van der Waals surface area (Å²) in [6.45, 7) is 1.83. The molecule has 2 unspecified atom stereocenters. The van der Waals surface area contributed by atoms with Crippen LogP contribution in [0.15, 0.2) is 18.2 Å². The number of benzene rings is 1. The summed E-state index contributed by atoms with van der Waals surface area (Å²) in [4.78, 5) is 25.1. The second-order valence-electron chi connectivity index (χ2n) is 9.37. The van der Waals surface area contributed by atoms with Crippen molar-refractivity contribution in [3.8, 4) is 11.5 Å². The van der Waals surface area contributed by atoms with Gasteiger partial charge >= 0.3 is 5.97 Å². The van der Waals surface area contributed by atoms with E-state index in [0.717, 1.165) is 31.2 Å². The predicted molar refractivity (Wildman–Crippen MR) is 106 cm³/mol. The molecule has 6 rings (SSSR count). The molecule has 5 atom stereocenters. The lowest BCUT2D eigenvalue weighted by Gasteiger charge is -2.58. The van der Waals surface area contributed by atoms with Crippen LogP contribution in [0.2, 0.25) is 0 Å². The van der Waals surface area contributed by atoms with Crippen LogP contribution in [0.3, 0.4) is 0 Å². The van der Waals surface area contributed by atoms with Crippen molar-refractivity contribution in [3.05, 3.63) is 23.8 Å². The molecule has 1 aliphatic heterocycles. The van der Waals surface area contributed by atoms with Gasteiger partial charge in [-0.2, -0.15) is 0 Å². The van der Waals surface area contributed by atoms with E-state index in [-0.39, 0.29) is 36.2 Å². The Labute approximate surface area is 175 Å². The Bertz CT molecular complexity index is 842. The number of hydrogen-bond acceptors (Lipinski definition) is 5. The highest BCUT2D eigenvalue weighted by Gasteiger charge is 2.60. The smallest absolute Gasteiger partial charge is 0.312 e. The van der Waals surface area contributed by atoms with E-state index in [4.69, 9.17) is 25.8 Å². The molecule has 29 heavy (non-hydrogen) atoms. The second-order valence-corrected chi connectivity index (χ2v) is 10.2. The summed E-state index contributed by atoms with van der Waals surface area (Å²) < 4.78 is 16.2. The Morgan fingerprint density at radius 1 is 1.21 bits per heavy atom. The summed E-state index contributed by atoms with van der Waals surface area (Å²) in [6.07, 6.45) is 5.58. The molecule has 6 nitrogen and oxygen atoms in total. The number of amides is 1.